The summed E-state index contributed by atoms with van der Waals surface area (Å²) in [6, 6.07) is 6.94. The molecule has 14 heavy (non-hydrogen) atoms. The lowest BCUT2D eigenvalue weighted by atomic mass is 10.00. The van der Waals surface area contributed by atoms with Gasteiger partial charge < -0.3 is 4.90 Å². The molecule has 1 aromatic rings. The van der Waals surface area contributed by atoms with Gasteiger partial charge in [-0.3, -0.25) is 0 Å². The van der Waals surface area contributed by atoms with E-state index < -0.39 is 0 Å². The molecular weight excluding hydrogens is 170 g/mol. The van der Waals surface area contributed by atoms with Gasteiger partial charge in [-0.15, -0.1) is 0 Å². The summed E-state index contributed by atoms with van der Waals surface area (Å²) < 4.78 is 0. The van der Waals surface area contributed by atoms with Gasteiger partial charge in [-0.1, -0.05) is 26.0 Å². The zero-order valence-electron chi connectivity index (χ0n) is 9.38. The first-order valence-corrected chi connectivity index (χ1v) is 5.50. The maximum absolute atomic E-state index is 2.39. The normalized spacial score (nSPS) is 15.0. The minimum Gasteiger partial charge on any atom is -0.374 e. The van der Waals surface area contributed by atoms with E-state index in [1.807, 2.05) is 0 Å². The Bertz CT molecular complexity index is 328. The molecule has 0 radical (unpaired) electrons. The highest BCUT2D eigenvalue weighted by molar-refractivity contribution is 5.58. The number of fused-ring (bicyclic) bond motifs is 1. The van der Waals surface area contributed by atoms with Crippen LogP contribution >= 0.6 is 0 Å². The largest absolute Gasteiger partial charge is 0.374 e. The first kappa shape index (κ1) is 9.57. The van der Waals surface area contributed by atoms with Gasteiger partial charge in [0.15, 0.2) is 0 Å². The molecule has 1 nitrogen and oxygen atoms in total. The van der Waals surface area contributed by atoms with Crippen LogP contribution in [0.4, 0.5) is 5.69 Å². The van der Waals surface area contributed by atoms with Crippen LogP contribution in [0.3, 0.4) is 0 Å². The van der Waals surface area contributed by atoms with Crippen LogP contribution in [-0.2, 0) is 12.8 Å². The first-order chi connectivity index (χ1) is 6.66. The monoisotopic (exact) mass is 189 g/mol. The van der Waals surface area contributed by atoms with Crippen molar-refractivity contribution in [2.75, 3.05) is 18.5 Å². The molecule has 1 aliphatic heterocycles. The molecule has 0 atom stereocenters. The minimum absolute atomic E-state index is 0.757. The fraction of sp³-hybridized carbons (Fsp3) is 0.538. The van der Waals surface area contributed by atoms with Crippen molar-refractivity contribution >= 4 is 5.69 Å². The van der Waals surface area contributed by atoms with Crippen LogP contribution in [0.2, 0.25) is 0 Å². The van der Waals surface area contributed by atoms with Crippen LogP contribution in [-0.4, -0.2) is 13.6 Å². The third kappa shape index (κ3) is 1.77. The Labute approximate surface area is 86.7 Å². The minimum atomic E-state index is 0.757. The van der Waals surface area contributed by atoms with Crippen molar-refractivity contribution in [1.82, 2.24) is 0 Å². The first-order valence-electron chi connectivity index (χ1n) is 5.50. The molecule has 0 spiro atoms. The average Bonchev–Trinajstić information content (AvgIpc) is 2.46. The highest BCUT2D eigenvalue weighted by Crippen LogP contribution is 2.27. The lowest BCUT2D eigenvalue weighted by molar-refractivity contribution is 0.647. The van der Waals surface area contributed by atoms with E-state index in [1.165, 1.54) is 36.2 Å². The van der Waals surface area contributed by atoms with Gasteiger partial charge in [-0.25, -0.2) is 0 Å². The fourth-order valence-corrected chi connectivity index (χ4v) is 2.22. The van der Waals surface area contributed by atoms with Gasteiger partial charge in [-0.2, -0.15) is 0 Å². The lowest BCUT2D eigenvalue weighted by Gasteiger charge is -2.12. The molecule has 1 heterocycles. The molecule has 0 N–H and O–H groups in total. The number of hydrogen-bond donors (Lipinski definition) is 0. The maximum Gasteiger partial charge on any atom is 0.0397 e. The third-order valence-corrected chi connectivity index (χ3v) is 2.92. The topological polar surface area (TPSA) is 3.24 Å². The lowest BCUT2D eigenvalue weighted by Crippen LogP contribution is -2.12. The van der Waals surface area contributed by atoms with Crippen LogP contribution in [0.25, 0.3) is 0 Å². The van der Waals surface area contributed by atoms with Crippen LogP contribution < -0.4 is 4.90 Å². The highest BCUT2D eigenvalue weighted by atomic mass is 15.1. The van der Waals surface area contributed by atoms with Gasteiger partial charge in [0.1, 0.15) is 0 Å². The van der Waals surface area contributed by atoms with Gasteiger partial charge in [0.2, 0.25) is 0 Å². The summed E-state index contributed by atoms with van der Waals surface area (Å²) in [5.41, 5.74) is 4.46. The average molecular weight is 189 g/mol. The SMILES string of the molecule is CC(C)Cc1ccc2c(c1)CCN2C. The van der Waals surface area contributed by atoms with Crippen molar-refractivity contribution in [3.05, 3.63) is 29.3 Å². The molecule has 76 valence electrons. The van der Waals surface area contributed by atoms with Crippen molar-refractivity contribution in [2.45, 2.75) is 26.7 Å². The predicted octanol–water partition coefficient (Wildman–Crippen LogP) is 2.88. The van der Waals surface area contributed by atoms with E-state index in [1.54, 1.807) is 0 Å². The zero-order chi connectivity index (χ0) is 10.1. The molecule has 0 amide bonds. The standard InChI is InChI=1S/C13H19N/c1-10(2)8-11-4-5-13-12(9-11)6-7-14(13)3/h4-5,9-10H,6-8H2,1-3H3. The van der Waals surface area contributed by atoms with Crippen LogP contribution in [0, 0.1) is 5.92 Å². The van der Waals surface area contributed by atoms with E-state index in [0.717, 1.165) is 5.92 Å². The predicted molar refractivity (Wildman–Crippen MR) is 62.0 cm³/mol. The number of likely N-dealkylation sites (N-methyl/N-ethyl adjacent to an activating group) is 1. The summed E-state index contributed by atoms with van der Waals surface area (Å²) in [7, 11) is 2.17. The Hall–Kier alpha value is -0.980. The summed E-state index contributed by atoms with van der Waals surface area (Å²) in [6.07, 6.45) is 2.43. The molecule has 0 saturated heterocycles. The summed E-state index contributed by atoms with van der Waals surface area (Å²) in [5.74, 6) is 0.757. The van der Waals surface area contributed by atoms with E-state index in [4.69, 9.17) is 0 Å². The number of nitrogens with zero attached hydrogens (tertiary/aromatic N) is 1. The van der Waals surface area contributed by atoms with Gasteiger partial charge in [0.05, 0.1) is 0 Å². The fourth-order valence-electron chi connectivity index (χ4n) is 2.22. The molecule has 0 unspecified atom stereocenters. The Morgan fingerprint density at radius 2 is 2.14 bits per heavy atom. The second kappa shape index (κ2) is 3.64. The molecule has 1 aliphatic rings. The molecule has 0 aliphatic carbocycles. The van der Waals surface area contributed by atoms with Gasteiger partial charge in [0, 0.05) is 19.3 Å². The second-order valence-corrected chi connectivity index (χ2v) is 4.73. The molecular formula is C13H19N. The van der Waals surface area contributed by atoms with Crippen molar-refractivity contribution in [3.8, 4) is 0 Å². The quantitative estimate of drug-likeness (QED) is 0.691. The zero-order valence-corrected chi connectivity index (χ0v) is 9.38. The summed E-state index contributed by atoms with van der Waals surface area (Å²) in [4.78, 5) is 2.34. The van der Waals surface area contributed by atoms with Crippen molar-refractivity contribution < 1.29 is 0 Å². The number of benzene rings is 1. The smallest absolute Gasteiger partial charge is 0.0397 e. The van der Waals surface area contributed by atoms with Crippen molar-refractivity contribution in [1.29, 1.82) is 0 Å². The Morgan fingerprint density at radius 3 is 2.86 bits per heavy atom. The Kier molecular flexibility index (Phi) is 2.49. The Morgan fingerprint density at radius 1 is 1.36 bits per heavy atom. The van der Waals surface area contributed by atoms with E-state index in [9.17, 15) is 0 Å². The van der Waals surface area contributed by atoms with Crippen LogP contribution in [0.1, 0.15) is 25.0 Å². The van der Waals surface area contributed by atoms with Crippen LogP contribution in [0.15, 0.2) is 18.2 Å². The molecule has 2 rings (SSSR count). The molecule has 0 saturated carbocycles. The number of hydrogen-bond acceptors (Lipinski definition) is 1. The van der Waals surface area contributed by atoms with Gasteiger partial charge >= 0.3 is 0 Å². The third-order valence-electron chi connectivity index (χ3n) is 2.92. The van der Waals surface area contributed by atoms with Gasteiger partial charge in [0.25, 0.3) is 0 Å². The second-order valence-electron chi connectivity index (χ2n) is 4.73. The summed E-state index contributed by atoms with van der Waals surface area (Å²) >= 11 is 0. The van der Waals surface area contributed by atoms with Crippen molar-refractivity contribution in [3.63, 3.8) is 0 Å². The summed E-state index contributed by atoms with van der Waals surface area (Å²) in [5, 5.41) is 0. The van der Waals surface area contributed by atoms with Crippen molar-refractivity contribution in [2.24, 2.45) is 5.92 Å². The number of anilines is 1. The van der Waals surface area contributed by atoms with E-state index in [0.29, 0.717) is 0 Å². The Balaban J connectivity index is 2.24. The maximum atomic E-state index is 2.39. The van der Waals surface area contributed by atoms with E-state index in [-0.39, 0.29) is 0 Å². The van der Waals surface area contributed by atoms with Crippen LogP contribution in [0.5, 0.6) is 0 Å². The molecule has 1 heteroatoms. The molecule has 0 aromatic heterocycles. The molecule has 1 aromatic carbocycles. The van der Waals surface area contributed by atoms with E-state index >= 15 is 0 Å². The van der Waals surface area contributed by atoms with Gasteiger partial charge in [-0.05, 0) is 36.0 Å². The van der Waals surface area contributed by atoms with E-state index in [2.05, 4.69) is 44.0 Å². The molecule has 0 bridgehead atoms. The molecule has 0 fully saturated rings. The summed E-state index contributed by atoms with van der Waals surface area (Å²) in [6.45, 7) is 5.74. The highest BCUT2D eigenvalue weighted by Gasteiger charge is 2.15. The number of rotatable bonds is 2.